The summed E-state index contributed by atoms with van der Waals surface area (Å²) in [6.07, 6.45) is 3.01. The van der Waals surface area contributed by atoms with E-state index in [1.807, 2.05) is 22.8 Å². The van der Waals surface area contributed by atoms with Gasteiger partial charge in [-0.05, 0) is 31.4 Å². The molecule has 0 bridgehead atoms. The number of fused-ring (bicyclic) bond motifs is 3. The van der Waals surface area contributed by atoms with Gasteiger partial charge in [-0.25, -0.2) is 4.98 Å². The van der Waals surface area contributed by atoms with Crippen LogP contribution in [0.3, 0.4) is 0 Å². The fraction of sp³-hybridized carbons (Fsp3) is 0.455. The Balaban J connectivity index is 1.84. The molecule has 1 aliphatic heterocycles. The Morgan fingerprint density at radius 1 is 1.29 bits per heavy atom. The monoisotopic (exact) mass is 414 g/mol. The lowest BCUT2D eigenvalue weighted by atomic mass is 9.94. The summed E-state index contributed by atoms with van der Waals surface area (Å²) in [5, 5.41) is 1.63. The van der Waals surface area contributed by atoms with Gasteiger partial charge in [-0.15, -0.1) is 11.3 Å². The number of aromatic nitrogens is 2. The lowest BCUT2D eigenvalue weighted by molar-refractivity contribution is -0.0379. The quantitative estimate of drug-likeness (QED) is 0.314. The Kier molecular flexibility index (Phi) is 5.63. The summed E-state index contributed by atoms with van der Waals surface area (Å²) >= 11 is 3.31. The summed E-state index contributed by atoms with van der Waals surface area (Å²) in [6.45, 7) is 7.49. The third-order valence-corrected chi connectivity index (χ3v) is 7.23. The van der Waals surface area contributed by atoms with Crippen molar-refractivity contribution in [3.8, 4) is 0 Å². The number of nitrogens with zero attached hydrogens (tertiary/aromatic N) is 2. The number of thioether (sulfide) groups is 1. The molecule has 0 fully saturated rings. The van der Waals surface area contributed by atoms with Gasteiger partial charge in [0.15, 0.2) is 5.16 Å². The molecular formula is C22H26N2O2S2. The van der Waals surface area contributed by atoms with Crippen LogP contribution in [-0.4, -0.2) is 20.9 Å². The summed E-state index contributed by atoms with van der Waals surface area (Å²) < 4.78 is 7.83. The van der Waals surface area contributed by atoms with E-state index in [0.29, 0.717) is 13.2 Å². The summed E-state index contributed by atoms with van der Waals surface area (Å²) in [6, 6.07) is 10.2. The molecule has 0 amide bonds. The van der Waals surface area contributed by atoms with E-state index in [1.54, 1.807) is 23.1 Å². The van der Waals surface area contributed by atoms with Crippen molar-refractivity contribution in [1.82, 2.24) is 9.55 Å². The fourth-order valence-electron chi connectivity index (χ4n) is 3.53. The number of thiophene rings is 1. The van der Waals surface area contributed by atoms with Gasteiger partial charge in [0.2, 0.25) is 0 Å². The molecule has 6 heteroatoms. The molecular weight excluding hydrogens is 388 g/mol. The predicted molar refractivity (Wildman–Crippen MR) is 118 cm³/mol. The van der Waals surface area contributed by atoms with E-state index in [0.717, 1.165) is 56.4 Å². The average Bonchev–Trinajstić information content (AvgIpc) is 3.02. The first kappa shape index (κ1) is 19.7. The van der Waals surface area contributed by atoms with E-state index in [-0.39, 0.29) is 11.2 Å². The lowest BCUT2D eigenvalue weighted by Gasteiger charge is -2.29. The maximum absolute atomic E-state index is 13.6. The molecule has 1 aromatic carbocycles. The zero-order chi connectivity index (χ0) is 19.7. The molecule has 0 spiro atoms. The SMILES string of the molecule is CCCCSc1nc2sc3c(c2c(=O)n1Cc1ccccc1)CC(C)(C)OC3. The van der Waals surface area contributed by atoms with Crippen molar-refractivity contribution < 1.29 is 4.74 Å². The number of hydrogen-bond acceptors (Lipinski definition) is 5. The minimum atomic E-state index is -0.244. The third kappa shape index (κ3) is 3.91. The first-order chi connectivity index (χ1) is 13.5. The van der Waals surface area contributed by atoms with Crippen molar-refractivity contribution in [2.45, 2.75) is 63.9 Å². The van der Waals surface area contributed by atoms with Crippen molar-refractivity contribution in [3.05, 3.63) is 56.7 Å². The van der Waals surface area contributed by atoms with E-state index >= 15 is 0 Å². The van der Waals surface area contributed by atoms with Crippen LogP contribution in [0.2, 0.25) is 0 Å². The lowest BCUT2D eigenvalue weighted by Crippen LogP contribution is -2.32. The molecule has 3 heterocycles. The van der Waals surface area contributed by atoms with Gasteiger partial charge in [-0.1, -0.05) is 55.4 Å². The molecule has 1 aliphatic rings. The molecule has 0 unspecified atom stereocenters. The highest BCUT2D eigenvalue weighted by molar-refractivity contribution is 7.99. The smallest absolute Gasteiger partial charge is 0.263 e. The van der Waals surface area contributed by atoms with E-state index in [2.05, 4.69) is 32.9 Å². The van der Waals surface area contributed by atoms with E-state index in [4.69, 9.17) is 9.72 Å². The first-order valence-electron chi connectivity index (χ1n) is 9.84. The van der Waals surface area contributed by atoms with Crippen molar-refractivity contribution in [2.24, 2.45) is 0 Å². The molecule has 28 heavy (non-hydrogen) atoms. The first-order valence-corrected chi connectivity index (χ1v) is 11.6. The van der Waals surface area contributed by atoms with Crippen LogP contribution in [0.15, 0.2) is 40.3 Å². The van der Waals surface area contributed by atoms with Crippen LogP contribution < -0.4 is 5.56 Å². The second kappa shape index (κ2) is 8.01. The molecule has 0 N–H and O–H groups in total. The van der Waals surface area contributed by atoms with Crippen molar-refractivity contribution in [3.63, 3.8) is 0 Å². The third-order valence-electron chi connectivity index (χ3n) is 5.07. The van der Waals surface area contributed by atoms with Gasteiger partial charge in [-0.3, -0.25) is 9.36 Å². The highest BCUT2D eigenvalue weighted by Gasteiger charge is 2.31. The van der Waals surface area contributed by atoms with Crippen LogP contribution in [0.1, 0.15) is 49.6 Å². The predicted octanol–water partition coefficient (Wildman–Crippen LogP) is 5.25. The van der Waals surface area contributed by atoms with E-state index in [1.165, 1.54) is 0 Å². The zero-order valence-electron chi connectivity index (χ0n) is 16.7. The molecule has 0 saturated heterocycles. The van der Waals surface area contributed by atoms with E-state index < -0.39 is 0 Å². The topological polar surface area (TPSA) is 44.1 Å². The molecule has 0 atom stereocenters. The van der Waals surface area contributed by atoms with Crippen molar-refractivity contribution >= 4 is 33.3 Å². The van der Waals surface area contributed by atoms with Gasteiger partial charge in [0.25, 0.3) is 5.56 Å². The van der Waals surface area contributed by atoms with Gasteiger partial charge >= 0.3 is 0 Å². The Labute approximate surface area is 174 Å². The van der Waals surface area contributed by atoms with Gasteiger partial charge in [-0.2, -0.15) is 0 Å². The number of rotatable bonds is 6. The molecule has 2 aromatic heterocycles. The highest BCUT2D eigenvalue weighted by atomic mass is 32.2. The van der Waals surface area contributed by atoms with Crippen LogP contribution in [0.4, 0.5) is 0 Å². The molecule has 4 rings (SSSR count). The number of hydrogen-bond donors (Lipinski definition) is 0. The van der Waals surface area contributed by atoms with Crippen LogP contribution in [0, 0.1) is 0 Å². The minimum Gasteiger partial charge on any atom is -0.370 e. The number of ether oxygens (including phenoxy) is 1. The van der Waals surface area contributed by atoms with E-state index in [9.17, 15) is 4.79 Å². The average molecular weight is 415 g/mol. The van der Waals surface area contributed by atoms with Gasteiger partial charge in [0.1, 0.15) is 4.83 Å². The highest BCUT2D eigenvalue weighted by Crippen LogP contribution is 2.37. The Morgan fingerprint density at radius 2 is 2.07 bits per heavy atom. The van der Waals surface area contributed by atoms with Gasteiger partial charge < -0.3 is 4.74 Å². The maximum Gasteiger partial charge on any atom is 0.263 e. The molecule has 0 saturated carbocycles. The molecule has 4 nitrogen and oxygen atoms in total. The second-order valence-corrected chi connectivity index (χ2v) is 10.0. The van der Waals surface area contributed by atoms with Crippen LogP contribution in [-0.2, 0) is 24.3 Å². The maximum atomic E-state index is 13.6. The Morgan fingerprint density at radius 3 is 2.82 bits per heavy atom. The Hall–Kier alpha value is -1.63. The van der Waals surface area contributed by atoms with Gasteiger partial charge in [0.05, 0.1) is 24.1 Å². The van der Waals surface area contributed by atoms with Crippen molar-refractivity contribution in [2.75, 3.05) is 5.75 Å². The standard InChI is InChI=1S/C22H26N2O2S2/c1-4-5-11-27-21-23-19-18(16-12-22(2,3)26-14-17(16)28-19)20(25)24(21)13-15-9-7-6-8-10-15/h6-10H,4-5,11-14H2,1-3H3. The zero-order valence-corrected chi connectivity index (χ0v) is 18.3. The largest absolute Gasteiger partial charge is 0.370 e. The van der Waals surface area contributed by atoms with Gasteiger partial charge in [0, 0.05) is 17.1 Å². The number of unbranched alkanes of at least 4 members (excludes halogenated alkanes) is 1. The minimum absolute atomic E-state index is 0.0862. The molecule has 3 aromatic rings. The summed E-state index contributed by atoms with van der Waals surface area (Å²) in [5.74, 6) is 0.977. The Bertz CT molecular complexity index is 1040. The summed E-state index contributed by atoms with van der Waals surface area (Å²) in [5.41, 5.74) is 2.10. The second-order valence-electron chi connectivity index (χ2n) is 7.88. The van der Waals surface area contributed by atoms with Crippen LogP contribution in [0.5, 0.6) is 0 Å². The van der Waals surface area contributed by atoms with Crippen molar-refractivity contribution in [1.29, 1.82) is 0 Å². The fourth-order valence-corrected chi connectivity index (χ4v) is 5.76. The molecule has 0 radical (unpaired) electrons. The van der Waals surface area contributed by atoms with Crippen LogP contribution >= 0.6 is 23.1 Å². The summed E-state index contributed by atoms with van der Waals surface area (Å²) in [4.78, 5) is 20.6. The summed E-state index contributed by atoms with van der Waals surface area (Å²) in [7, 11) is 0. The molecule has 148 valence electrons. The normalized spacial score (nSPS) is 15.7. The number of benzene rings is 1. The molecule has 0 aliphatic carbocycles. The van der Waals surface area contributed by atoms with Crippen LogP contribution in [0.25, 0.3) is 10.2 Å².